The van der Waals surface area contributed by atoms with E-state index in [-0.39, 0.29) is 12.3 Å². The number of rotatable bonds is 4. The Labute approximate surface area is 118 Å². The van der Waals surface area contributed by atoms with Gasteiger partial charge in [-0.25, -0.2) is 4.79 Å². The van der Waals surface area contributed by atoms with Gasteiger partial charge in [0.15, 0.2) is 0 Å². The molecule has 0 aliphatic rings. The third kappa shape index (κ3) is 3.19. The number of aromatic nitrogens is 2. The fourth-order valence-electron chi connectivity index (χ4n) is 1.99. The highest BCUT2D eigenvalue weighted by atomic mass is 16.2. The van der Waals surface area contributed by atoms with Crippen molar-refractivity contribution in [2.45, 2.75) is 26.4 Å². The van der Waals surface area contributed by atoms with E-state index in [1.807, 2.05) is 31.2 Å². The van der Waals surface area contributed by atoms with E-state index in [9.17, 15) is 4.79 Å². The zero-order chi connectivity index (χ0) is 14.4. The van der Waals surface area contributed by atoms with Gasteiger partial charge in [0.2, 0.25) is 0 Å². The average molecular weight is 270 g/mol. The van der Waals surface area contributed by atoms with E-state index in [2.05, 4.69) is 11.8 Å². The summed E-state index contributed by atoms with van der Waals surface area (Å²) in [7, 11) is 0. The Kier molecular flexibility index (Phi) is 4.80. The van der Waals surface area contributed by atoms with Crippen LogP contribution in [0.4, 0.5) is 0 Å². The molecule has 2 rings (SSSR count). The van der Waals surface area contributed by atoms with Crippen molar-refractivity contribution >= 4 is 0 Å². The quantitative estimate of drug-likeness (QED) is 0.855. The summed E-state index contributed by atoms with van der Waals surface area (Å²) in [4.78, 5) is 12.0. The molecule has 0 radical (unpaired) electrons. The lowest BCUT2D eigenvalue weighted by atomic mass is 10.1. The summed E-state index contributed by atoms with van der Waals surface area (Å²) in [6, 6.07) is 7.76. The fourth-order valence-corrected chi connectivity index (χ4v) is 1.99. The molecule has 0 aliphatic carbocycles. The highest BCUT2D eigenvalue weighted by Crippen LogP contribution is 2.08. The molecule has 0 unspecified atom stereocenters. The van der Waals surface area contributed by atoms with Gasteiger partial charge in [0.25, 0.3) is 0 Å². The van der Waals surface area contributed by atoms with Gasteiger partial charge in [0, 0.05) is 30.9 Å². The van der Waals surface area contributed by atoms with Crippen LogP contribution in [-0.4, -0.2) is 20.8 Å². The van der Waals surface area contributed by atoms with Crippen molar-refractivity contribution in [3.63, 3.8) is 0 Å². The largest absolute Gasteiger partial charge is 0.395 e. The van der Waals surface area contributed by atoms with Crippen LogP contribution in [-0.2, 0) is 13.1 Å². The SMILES string of the molecule is CCn1ccn(Cc2ccccc2C#CCCO)c1=O. The third-order valence-corrected chi connectivity index (χ3v) is 3.08. The summed E-state index contributed by atoms with van der Waals surface area (Å²) in [5.41, 5.74) is 1.90. The number of aliphatic hydroxyl groups is 1. The molecule has 0 amide bonds. The van der Waals surface area contributed by atoms with Crippen molar-refractivity contribution in [2.75, 3.05) is 6.61 Å². The minimum atomic E-state index is -0.00868. The second-order valence-electron chi connectivity index (χ2n) is 4.43. The molecule has 1 N–H and O–H groups in total. The predicted molar refractivity (Wildman–Crippen MR) is 78.5 cm³/mol. The molecule has 1 aromatic heterocycles. The molecule has 0 saturated carbocycles. The highest BCUT2D eigenvalue weighted by molar-refractivity contribution is 5.41. The van der Waals surface area contributed by atoms with Gasteiger partial charge < -0.3 is 5.11 Å². The van der Waals surface area contributed by atoms with E-state index in [0.29, 0.717) is 19.5 Å². The number of aryl methyl sites for hydroxylation is 1. The maximum atomic E-state index is 12.0. The lowest BCUT2D eigenvalue weighted by molar-refractivity contribution is 0.305. The summed E-state index contributed by atoms with van der Waals surface area (Å²) in [6.07, 6.45) is 4.05. The zero-order valence-electron chi connectivity index (χ0n) is 11.5. The van der Waals surface area contributed by atoms with Crippen LogP contribution in [0.2, 0.25) is 0 Å². The van der Waals surface area contributed by atoms with Crippen molar-refractivity contribution in [3.05, 3.63) is 58.3 Å². The molecule has 0 spiro atoms. The number of benzene rings is 1. The molecular formula is C16H18N2O2. The van der Waals surface area contributed by atoms with Crippen molar-refractivity contribution in [3.8, 4) is 11.8 Å². The normalized spacial score (nSPS) is 10.1. The number of hydrogen-bond donors (Lipinski definition) is 1. The van der Waals surface area contributed by atoms with Gasteiger partial charge >= 0.3 is 5.69 Å². The number of nitrogens with zero attached hydrogens (tertiary/aromatic N) is 2. The maximum absolute atomic E-state index is 12.0. The first kappa shape index (κ1) is 14.2. The predicted octanol–water partition coefficient (Wildman–Crippen LogP) is 1.45. The van der Waals surface area contributed by atoms with Crippen molar-refractivity contribution in [1.29, 1.82) is 0 Å². The number of hydrogen-bond acceptors (Lipinski definition) is 2. The minimum absolute atomic E-state index is 0.00868. The number of imidazole rings is 1. The van der Waals surface area contributed by atoms with E-state index in [4.69, 9.17) is 5.11 Å². The van der Waals surface area contributed by atoms with Crippen LogP contribution >= 0.6 is 0 Å². The first-order valence-electron chi connectivity index (χ1n) is 6.69. The van der Waals surface area contributed by atoms with Crippen molar-refractivity contribution in [2.24, 2.45) is 0 Å². The summed E-state index contributed by atoms with van der Waals surface area (Å²) in [6.45, 7) is 3.19. The van der Waals surface area contributed by atoms with Crippen molar-refractivity contribution in [1.82, 2.24) is 9.13 Å². The van der Waals surface area contributed by atoms with Crippen LogP contribution in [0.5, 0.6) is 0 Å². The first-order chi connectivity index (χ1) is 9.76. The van der Waals surface area contributed by atoms with Gasteiger partial charge in [-0.1, -0.05) is 30.0 Å². The van der Waals surface area contributed by atoms with E-state index < -0.39 is 0 Å². The Morgan fingerprint density at radius 3 is 2.65 bits per heavy atom. The Morgan fingerprint density at radius 2 is 1.95 bits per heavy atom. The van der Waals surface area contributed by atoms with E-state index >= 15 is 0 Å². The third-order valence-electron chi connectivity index (χ3n) is 3.08. The van der Waals surface area contributed by atoms with Crippen LogP contribution in [0.3, 0.4) is 0 Å². The monoisotopic (exact) mass is 270 g/mol. The Hall–Kier alpha value is -2.25. The Balaban J connectivity index is 2.27. The molecule has 104 valence electrons. The molecule has 0 fully saturated rings. The Bertz CT molecular complexity index is 686. The number of aliphatic hydroxyl groups excluding tert-OH is 1. The maximum Gasteiger partial charge on any atom is 0.328 e. The summed E-state index contributed by atoms with van der Waals surface area (Å²) < 4.78 is 3.34. The van der Waals surface area contributed by atoms with E-state index in [1.54, 1.807) is 21.5 Å². The van der Waals surface area contributed by atoms with E-state index in [0.717, 1.165) is 11.1 Å². The van der Waals surface area contributed by atoms with Gasteiger partial charge in [-0.05, 0) is 18.6 Å². The van der Waals surface area contributed by atoms with Gasteiger partial charge in [-0.2, -0.15) is 0 Å². The molecule has 0 aliphatic heterocycles. The smallest absolute Gasteiger partial charge is 0.328 e. The topological polar surface area (TPSA) is 47.2 Å². The van der Waals surface area contributed by atoms with E-state index in [1.165, 1.54) is 0 Å². The average Bonchev–Trinajstić information content (AvgIpc) is 2.82. The zero-order valence-corrected chi connectivity index (χ0v) is 11.5. The second kappa shape index (κ2) is 6.78. The summed E-state index contributed by atoms with van der Waals surface area (Å²) in [5, 5.41) is 8.76. The van der Waals surface area contributed by atoms with Crippen LogP contribution in [0.25, 0.3) is 0 Å². The fraction of sp³-hybridized carbons (Fsp3) is 0.312. The molecule has 2 aromatic rings. The Morgan fingerprint density at radius 1 is 1.20 bits per heavy atom. The van der Waals surface area contributed by atoms with Crippen LogP contribution < -0.4 is 5.69 Å². The van der Waals surface area contributed by atoms with Gasteiger partial charge in [-0.3, -0.25) is 9.13 Å². The molecule has 4 heteroatoms. The molecule has 0 saturated heterocycles. The first-order valence-corrected chi connectivity index (χ1v) is 6.69. The highest BCUT2D eigenvalue weighted by Gasteiger charge is 2.05. The van der Waals surface area contributed by atoms with Gasteiger partial charge in [-0.15, -0.1) is 0 Å². The standard InChI is InChI=1S/C16H18N2O2/c1-2-17-10-11-18(16(17)20)13-15-9-4-3-7-14(15)8-5-6-12-19/h3-4,7,9-11,19H,2,6,12-13H2,1H3. The summed E-state index contributed by atoms with van der Waals surface area (Å²) in [5.74, 6) is 5.96. The molecule has 1 heterocycles. The molecule has 1 aromatic carbocycles. The lowest BCUT2D eigenvalue weighted by Gasteiger charge is -2.05. The van der Waals surface area contributed by atoms with Crippen LogP contribution in [0.15, 0.2) is 41.5 Å². The minimum Gasteiger partial charge on any atom is -0.395 e. The second-order valence-corrected chi connectivity index (χ2v) is 4.43. The van der Waals surface area contributed by atoms with Crippen molar-refractivity contribution < 1.29 is 5.11 Å². The molecule has 20 heavy (non-hydrogen) atoms. The van der Waals surface area contributed by atoms with Gasteiger partial charge in [0.05, 0.1) is 13.2 Å². The molecule has 4 nitrogen and oxygen atoms in total. The van der Waals surface area contributed by atoms with Crippen LogP contribution in [0.1, 0.15) is 24.5 Å². The molecular weight excluding hydrogens is 252 g/mol. The summed E-state index contributed by atoms with van der Waals surface area (Å²) >= 11 is 0. The van der Waals surface area contributed by atoms with Gasteiger partial charge in [0.1, 0.15) is 0 Å². The van der Waals surface area contributed by atoms with Crippen LogP contribution in [0, 0.1) is 11.8 Å². The lowest BCUT2D eigenvalue weighted by Crippen LogP contribution is -2.24. The molecule has 0 bridgehead atoms. The molecule has 0 atom stereocenters.